The predicted molar refractivity (Wildman–Crippen MR) is 105 cm³/mol. The lowest BCUT2D eigenvalue weighted by Gasteiger charge is -2.37. The van der Waals surface area contributed by atoms with Gasteiger partial charge in [-0.2, -0.15) is 0 Å². The van der Waals surface area contributed by atoms with E-state index in [9.17, 15) is 4.79 Å². The van der Waals surface area contributed by atoms with Gasteiger partial charge in [0.05, 0.1) is 18.7 Å². The van der Waals surface area contributed by atoms with Crippen LogP contribution in [0.15, 0.2) is 0 Å². The van der Waals surface area contributed by atoms with Crippen LogP contribution in [-0.2, 0) is 16.0 Å². The Bertz CT molecular complexity index is 607. The topological polar surface area (TPSA) is 39.2 Å². The van der Waals surface area contributed by atoms with Crippen LogP contribution in [-0.4, -0.2) is 25.6 Å². The summed E-state index contributed by atoms with van der Waals surface area (Å²) in [6, 6.07) is 0. The zero-order valence-electron chi connectivity index (χ0n) is 15.7. The molecule has 1 aromatic heterocycles. The van der Waals surface area contributed by atoms with Crippen molar-refractivity contribution in [2.24, 2.45) is 0 Å². The molecule has 1 heterocycles. The van der Waals surface area contributed by atoms with E-state index in [4.69, 9.17) is 16.3 Å². The maximum Gasteiger partial charge on any atom is 0.311 e. The van der Waals surface area contributed by atoms with Crippen molar-refractivity contribution < 1.29 is 9.53 Å². The fourth-order valence-electron chi connectivity index (χ4n) is 3.44. The number of halogens is 1. The second kappa shape index (κ2) is 9.03. The van der Waals surface area contributed by atoms with Gasteiger partial charge in [-0.3, -0.25) is 4.79 Å². The highest BCUT2D eigenvalue weighted by molar-refractivity contribution is 7.16. The Kier molecular flexibility index (Phi) is 7.98. The molecule has 0 aliphatic carbocycles. The molecule has 0 spiro atoms. The van der Waals surface area contributed by atoms with Crippen molar-refractivity contribution in [1.29, 1.82) is 0 Å². The molecule has 0 aliphatic rings. The van der Waals surface area contributed by atoms with Crippen molar-refractivity contribution in [2.45, 2.75) is 71.5 Å². The Morgan fingerprint density at radius 2 is 1.75 bits per heavy atom. The lowest BCUT2D eigenvalue weighted by Crippen LogP contribution is -2.43. The normalized spacial score (nSPS) is 11.8. The number of hydrogen-bond donors (Lipinski definition) is 0. The first-order valence-electron chi connectivity index (χ1n) is 8.49. The molecule has 6 heteroatoms. The van der Waals surface area contributed by atoms with Gasteiger partial charge in [-0.1, -0.05) is 64.5 Å². The van der Waals surface area contributed by atoms with Crippen LogP contribution in [0.3, 0.4) is 0 Å². The van der Waals surface area contributed by atoms with E-state index in [1.54, 1.807) is 6.92 Å². The van der Waals surface area contributed by atoms with E-state index in [1.807, 2.05) is 0 Å². The molecule has 134 valence electrons. The first-order chi connectivity index (χ1) is 11.1. The largest absolute Gasteiger partial charge is 0.466 e. The SMILES string of the molecule is CCOC(=O)Cc1nc(C#C[Si](C(C)C)(C(C)C)C(C)C)sc1Cl. The minimum absolute atomic E-state index is 0.103. The summed E-state index contributed by atoms with van der Waals surface area (Å²) >= 11 is 7.56. The smallest absolute Gasteiger partial charge is 0.311 e. The molecule has 1 aromatic rings. The van der Waals surface area contributed by atoms with Gasteiger partial charge in [0.2, 0.25) is 0 Å². The van der Waals surface area contributed by atoms with Crippen LogP contribution in [0.1, 0.15) is 59.2 Å². The van der Waals surface area contributed by atoms with Crippen molar-refractivity contribution in [3.05, 3.63) is 15.0 Å². The minimum atomic E-state index is -1.79. The number of thiazole rings is 1. The maximum absolute atomic E-state index is 11.6. The van der Waals surface area contributed by atoms with E-state index in [-0.39, 0.29) is 12.4 Å². The number of carbonyl (C=O) groups excluding carboxylic acids is 1. The molecule has 0 unspecified atom stereocenters. The van der Waals surface area contributed by atoms with E-state index in [0.29, 0.717) is 38.3 Å². The van der Waals surface area contributed by atoms with Crippen LogP contribution >= 0.6 is 22.9 Å². The highest BCUT2D eigenvalue weighted by Crippen LogP contribution is 2.40. The van der Waals surface area contributed by atoms with E-state index >= 15 is 0 Å². The summed E-state index contributed by atoms with van der Waals surface area (Å²) in [6.45, 7) is 15.8. The third kappa shape index (κ3) is 4.84. The second-order valence-electron chi connectivity index (χ2n) is 6.87. The Morgan fingerprint density at radius 1 is 1.21 bits per heavy atom. The van der Waals surface area contributed by atoms with Gasteiger partial charge in [0, 0.05) is 0 Å². The first kappa shape index (κ1) is 21.2. The van der Waals surface area contributed by atoms with Crippen LogP contribution in [0.4, 0.5) is 0 Å². The second-order valence-corrected chi connectivity index (χ2v) is 14.0. The minimum Gasteiger partial charge on any atom is -0.466 e. The van der Waals surface area contributed by atoms with Gasteiger partial charge >= 0.3 is 5.97 Å². The molecule has 0 radical (unpaired) electrons. The zero-order chi connectivity index (χ0) is 18.5. The molecule has 0 aliphatic heterocycles. The fraction of sp³-hybridized carbons (Fsp3) is 0.667. The highest BCUT2D eigenvalue weighted by Gasteiger charge is 2.41. The standard InChI is InChI=1S/C18H28ClNO2SSi/c1-8-22-17(21)11-15-18(19)23-16(20-15)9-10-24(12(2)3,13(4)5)14(6)7/h12-14H,8,11H2,1-7H3. The molecule has 1 rings (SSSR count). The van der Waals surface area contributed by atoms with Crippen LogP contribution in [0.5, 0.6) is 0 Å². The van der Waals surface area contributed by atoms with Crippen molar-refractivity contribution in [3.63, 3.8) is 0 Å². The number of aromatic nitrogens is 1. The number of carbonyl (C=O) groups is 1. The van der Waals surface area contributed by atoms with Gasteiger partial charge < -0.3 is 4.74 Å². The molecule has 24 heavy (non-hydrogen) atoms. The number of esters is 1. The van der Waals surface area contributed by atoms with Crippen molar-refractivity contribution in [1.82, 2.24) is 4.98 Å². The van der Waals surface area contributed by atoms with Crippen LogP contribution in [0, 0.1) is 11.5 Å². The summed E-state index contributed by atoms with van der Waals surface area (Å²) < 4.78 is 5.48. The molecular formula is C18H28ClNO2SSi. The molecule has 0 saturated carbocycles. The summed E-state index contributed by atoms with van der Waals surface area (Å²) in [5.74, 6) is 2.97. The molecule has 0 aromatic carbocycles. The van der Waals surface area contributed by atoms with E-state index < -0.39 is 8.07 Å². The van der Waals surface area contributed by atoms with Gasteiger partial charge in [0.25, 0.3) is 0 Å². The fourth-order valence-corrected chi connectivity index (χ4v) is 9.72. The van der Waals surface area contributed by atoms with Crippen molar-refractivity contribution in [3.8, 4) is 11.5 Å². The molecule has 0 atom stereocenters. The summed E-state index contributed by atoms with van der Waals surface area (Å²) in [5, 5.41) is 0.693. The van der Waals surface area contributed by atoms with Crippen molar-refractivity contribution in [2.75, 3.05) is 6.61 Å². The van der Waals surface area contributed by atoms with Crippen LogP contribution in [0.25, 0.3) is 0 Å². The maximum atomic E-state index is 11.6. The van der Waals surface area contributed by atoms with Gasteiger partial charge in [-0.25, -0.2) is 4.98 Å². The molecule has 3 nitrogen and oxygen atoms in total. The molecule has 0 amide bonds. The van der Waals surface area contributed by atoms with Crippen LogP contribution in [0.2, 0.25) is 21.0 Å². The Morgan fingerprint density at radius 3 is 2.21 bits per heavy atom. The average molecular weight is 386 g/mol. The number of rotatable bonds is 6. The summed E-state index contributed by atoms with van der Waals surface area (Å²) in [6.07, 6.45) is 0.103. The number of hydrogen-bond acceptors (Lipinski definition) is 4. The van der Waals surface area contributed by atoms with Crippen LogP contribution < -0.4 is 0 Å². The molecule has 0 bridgehead atoms. The quantitative estimate of drug-likeness (QED) is 0.370. The van der Waals surface area contributed by atoms with Crippen molar-refractivity contribution >= 4 is 37.0 Å². The van der Waals surface area contributed by atoms with Gasteiger partial charge in [0.15, 0.2) is 5.01 Å². The summed E-state index contributed by atoms with van der Waals surface area (Å²) in [4.78, 5) is 16.1. The Balaban J connectivity index is 3.13. The average Bonchev–Trinajstić information content (AvgIpc) is 2.78. The highest BCUT2D eigenvalue weighted by atomic mass is 35.5. The molecule has 0 saturated heterocycles. The lowest BCUT2D eigenvalue weighted by molar-refractivity contribution is -0.142. The Hall–Kier alpha value is -0.833. The third-order valence-electron chi connectivity index (χ3n) is 4.52. The number of ether oxygens (including phenoxy) is 1. The third-order valence-corrected chi connectivity index (χ3v) is 12.1. The molecular weight excluding hydrogens is 358 g/mol. The monoisotopic (exact) mass is 385 g/mol. The van der Waals surface area contributed by atoms with E-state index in [2.05, 4.69) is 58.0 Å². The Labute approximate surface area is 156 Å². The lowest BCUT2D eigenvalue weighted by atomic mass is 10.3. The molecule has 0 N–H and O–H groups in total. The van der Waals surface area contributed by atoms with E-state index in [0.717, 1.165) is 0 Å². The zero-order valence-corrected chi connectivity index (χ0v) is 18.3. The van der Waals surface area contributed by atoms with Gasteiger partial charge in [0.1, 0.15) is 12.4 Å². The first-order valence-corrected chi connectivity index (χ1v) is 11.9. The molecule has 0 fully saturated rings. The summed E-state index contributed by atoms with van der Waals surface area (Å²) in [7, 11) is -1.79. The van der Waals surface area contributed by atoms with Gasteiger partial charge in [-0.15, -0.1) is 5.54 Å². The number of nitrogens with zero attached hydrogens (tertiary/aromatic N) is 1. The predicted octanol–water partition coefficient (Wildman–Crippen LogP) is 5.47. The van der Waals surface area contributed by atoms with Gasteiger partial charge in [-0.05, 0) is 29.5 Å². The summed E-state index contributed by atoms with van der Waals surface area (Å²) in [5.41, 5.74) is 5.90. The van der Waals surface area contributed by atoms with E-state index in [1.165, 1.54) is 11.3 Å².